The van der Waals surface area contributed by atoms with Gasteiger partial charge in [0.25, 0.3) is 0 Å². The Labute approximate surface area is 167 Å². The number of hydrogen-bond donors (Lipinski definition) is 1. The Morgan fingerprint density at radius 3 is 2.14 bits per heavy atom. The number of aliphatic carboxylic acids is 1. The fourth-order valence-corrected chi connectivity index (χ4v) is 2.95. The van der Waals surface area contributed by atoms with E-state index in [0.29, 0.717) is 19.6 Å². The molecule has 150 valence electrons. The quantitative estimate of drug-likeness (QED) is 0.348. The first-order valence-electron chi connectivity index (χ1n) is 9.84. The lowest BCUT2D eigenvalue weighted by atomic mass is 9.95. The second kappa shape index (κ2) is 11.9. The van der Waals surface area contributed by atoms with Crippen LogP contribution >= 0.6 is 0 Å². The molecule has 2 aromatic rings. The van der Waals surface area contributed by atoms with Crippen LogP contribution in [0, 0.1) is 5.92 Å². The Balaban J connectivity index is 1.58. The molecule has 2 aromatic carbocycles. The van der Waals surface area contributed by atoms with Crippen molar-refractivity contribution in [3.05, 3.63) is 72.3 Å². The maximum absolute atomic E-state index is 11.1. The standard InChI is InChI=1S/C24H30O4/c1-19(2)23(24(25)26)12-8-3-4-9-17-27-21-13-15-22(16-14-21)28-18-20-10-6-5-7-11-20/h5-7,10-11,13-16,23H,1,3-4,8-9,12,17-18H2,2H3,(H,25,26). The van der Waals surface area contributed by atoms with Crippen molar-refractivity contribution in [1.29, 1.82) is 0 Å². The highest BCUT2D eigenvalue weighted by atomic mass is 16.5. The highest BCUT2D eigenvalue weighted by molar-refractivity contribution is 5.73. The predicted molar refractivity (Wildman–Crippen MR) is 112 cm³/mol. The van der Waals surface area contributed by atoms with E-state index < -0.39 is 11.9 Å². The summed E-state index contributed by atoms with van der Waals surface area (Å²) in [4.78, 5) is 11.1. The molecule has 28 heavy (non-hydrogen) atoms. The van der Waals surface area contributed by atoms with Crippen molar-refractivity contribution in [1.82, 2.24) is 0 Å². The molecule has 4 nitrogen and oxygen atoms in total. The molecule has 0 aromatic heterocycles. The van der Waals surface area contributed by atoms with E-state index >= 15 is 0 Å². The SMILES string of the molecule is C=C(C)C(CCCCCCOc1ccc(OCc2ccccc2)cc1)C(=O)O. The van der Waals surface area contributed by atoms with E-state index in [0.717, 1.165) is 48.3 Å². The van der Waals surface area contributed by atoms with Gasteiger partial charge in [0.2, 0.25) is 0 Å². The normalized spacial score (nSPS) is 11.6. The minimum Gasteiger partial charge on any atom is -0.494 e. The van der Waals surface area contributed by atoms with Crippen molar-refractivity contribution in [2.24, 2.45) is 5.92 Å². The van der Waals surface area contributed by atoms with Gasteiger partial charge in [0.05, 0.1) is 12.5 Å². The third-order valence-corrected chi connectivity index (χ3v) is 4.62. The minimum atomic E-state index is -0.771. The van der Waals surface area contributed by atoms with Crippen LogP contribution in [-0.2, 0) is 11.4 Å². The Morgan fingerprint density at radius 2 is 1.54 bits per heavy atom. The number of unbranched alkanes of at least 4 members (excludes halogenated alkanes) is 3. The lowest BCUT2D eigenvalue weighted by molar-refractivity contribution is -0.140. The van der Waals surface area contributed by atoms with Crippen molar-refractivity contribution < 1.29 is 19.4 Å². The molecule has 0 spiro atoms. The third kappa shape index (κ3) is 7.87. The third-order valence-electron chi connectivity index (χ3n) is 4.62. The number of carbonyl (C=O) groups is 1. The molecule has 0 fully saturated rings. The van der Waals surface area contributed by atoms with Crippen molar-refractivity contribution >= 4 is 5.97 Å². The number of carboxylic acid groups (broad SMARTS) is 1. The van der Waals surface area contributed by atoms with Crippen molar-refractivity contribution in [2.75, 3.05) is 6.61 Å². The lowest BCUT2D eigenvalue weighted by Crippen LogP contribution is -2.14. The average molecular weight is 383 g/mol. The first-order chi connectivity index (χ1) is 13.6. The summed E-state index contributed by atoms with van der Waals surface area (Å²) in [7, 11) is 0. The van der Waals surface area contributed by atoms with E-state index in [-0.39, 0.29) is 0 Å². The monoisotopic (exact) mass is 382 g/mol. The summed E-state index contributed by atoms with van der Waals surface area (Å²) < 4.78 is 11.5. The van der Waals surface area contributed by atoms with Gasteiger partial charge in [0.1, 0.15) is 18.1 Å². The molecule has 1 atom stereocenters. The fourth-order valence-electron chi connectivity index (χ4n) is 2.95. The summed E-state index contributed by atoms with van der Waals surface area (Å²) in [5.41, 5.74) is 1.87. The lowest BCUT2D eigenvalue weighted by Gasteiger charge is -2.11. The molecule has 0 saturated carbocycles. The smallest absolute Gasteiger partial charge is 0.310 e. The van der Waals surface area contributed by atoms with Crippen LogP contribution in [0.5, 0.6) is 11.5 Å². The highest BCUT2D eigenvalue weighted by Gasteiger charge is 2.16. The Morgan fingerprint density at radius 1 is 0.929 bits per heavy atom. The van der Waals surface area contributed by atoms with Crippen molar-refractivity contribution in [3.8, 4) is 11.5 Å². The molecule has 1 unspecified atom stereocenters. The first-order valence-corrected chi connectivity index (χ1v) is 9.84. The van der Waals surface area contributed by atoms with Crippen LogP contribution in [-0.4, -0.2) is 17.7 Å². The molecule has 0 aliphatic carbocycles. The molecular weight excluding hydrogens is 352 g/mol. The minimum absolute atomic E-state index is 0.418. The van der Waals surface area contributed by atoms with Crippen molar-refractivity contribution in [3.63, 3.8) is 0 Å². The van der Waals surface area contributed by atoms with E-state index in [4.69, 9.17) is 14.6 Å². The number of hydrogen-bond acceptors (Lipinski definition) is 3. The zero-order valence-corrected chi connectivity index (χ0v) is 16.6. The molecular formula is C24H30O4. The average Bonchev–Trinajstić information content (AvgIpc) is 2.69. The van der Waals surface area contributed by atoms with Gasteiger partial charge in [-0.25, -0.2) is 0 Å². The van der Waals surface area contributed by atoms with Crippen LogP contribution < -0.4 is 9.47 Å². The summed E-state index contributed by atoms with van der Waals surface area (Å²) in [6.07, 6.45) is 4.55. The molecule has 4 heteroatoms. The summed E-state index contributed by atoms with van der Waals surface area (Å²) in [5, 5.41) is 9.13. The zero-order valence-electron chi connectivity index (χ0n) is 16.6. The number of rotatable bonds is 13. The van der Waals surface area contributed by atoms with Gasteiger partial charge < -0.3 is 14.6 Å². The maximum Gasteiger partial charge on any atom is 0.310 e. The molecule has 0 aliphatic heterocycles. The van der Waals surface area contributed by atoms with Crippen LogP contribution in [0.25, 0.3) is 0 Å². The molecule has 0 amide bonds. The Hall–Kier alpha value is -2.75. The summed E-state index contributed by atoms with van der Waals surface area (Å²) in [6, 6.07) is 17.8. The number of carboxylic acids is 1. The number of benzene rings is 2. The van der Waals surface area contributed by atoms with E-state index in [2.05, 4.69) is 6.58 Å². The Bertz CT molecular complexity index is 708. The van der Waals surface area contributed by atoms with Crippen LogP contribution in [0.2, 0.25) is 0 Å². The van der Waals surface area contributed by atoms with E-state index in [1.165, 1.54) is 0 Å². The van der Waals surface area contributed by atoms with Crippen LogP contribution in [0.3, 0.4) is 0 Å². The van der Waals surface area contributed by atoms with E-state index in [1.54, 1.807) is 6.92 Å². The largest absolute Gasteiger partial charge is 0.494 e. The molecule has 0 radical (unpaired) electrons. The van der Waals surface area contributed by atoms with Crippen LogP contribution in [0.15, 0.2) is 66.7 Å². The molecule has 0 bridgehead atoms. The molecule has 0 saturated heterocycles. The molecule has 2 rings (SSSR count). The van der Waals surface area contributed by atoms with Gasteiger partial charge in [-0.15, -0.1) is 0 Å². The summed E-state index contributed by atoms with van der Waals surface area (Å²) in [5.74, 6) is 0.466. The number of ether oxygens (including phenoxy) is 2. The van der Waals surface area contributed by atoms with Gasteiger partial charge >= 0.3 is 5.97 Å². The first kappa shape index (κ1) is 21.5. The van der Waals surface area contributed by atoms with Gasteiger partial charge in [-0.05, 0) is 49.6 Å². The van der Waals surface area contributed by atoms with Gasteiger partial charge in [-0.2, -0.15) is 0 Å². The van der Waals surface area contributed by atoms with Gasteiger partial charge in [-0.3, -0.25) is 4.79 Å². The van der Waals surface area contributed by atoms with Crippen LogP contribution in [0.4, 0.5) is 0 Å². The molecule has 1 N–H and O–H groups in total. The van der Waals surface area contributed by atoms with Gasteiger partial charge in [0, 0.05) is 0 Å². The Kier molecular flexibility index (Phi) is 9.13. The maximum atomic E-state index is 11.1. The second-order valence-corrected chi connectivity index (χ2v) is 7.03. The second-order valence-electron chi connectivity index (χ2n) is 7.03. The molecule has 0 heterocycles. The summed E-state index contributed by atoms with van der Waals surface area (Å²) in [6.45, 7) is 6.75. The van der Waals surface area contributed by atoms with Crippen molar-refractivity contribution in [2.45, 2.75) is 45.6 Å². The van der Waals surface area contributed by atoms with Gasteiger partial charge in [-0.1, -0.05) is 61.7 Å². The van der Waals surface area contributed by atoms with Crippen LogP contribution in [0.1, 0.15) is 44.6 Å². The van der Waals surface area contributed by atoms with Gasteiger partial charge in [0.15, 0.2) is 0 Å². The predicted octanol–water partition coefficient (Wildman–Crippen LogP) is 5.87. The zero-order chi connectivity index (χ0) is 20.2. The van der Waals surface area contributed by atoms with E-state index in [9.17, 15) is 4.79 Å². The highest BCUT2D eigenvalue weighted by Crippen LogP contribution is 2.20. The molecule has 0 aliphatic rings. The topological polar surface area (TPSA) is 55.8 Å². The summed E-state index contributed by atoms with van der Waals surface area (Å²) >= 11 is 0. The van der Waals surface area contributed by atoms with E-state index in [1.807, 2.05) is 54.6 Å². The fraction of sp³-hybridized carbons (Fsp3) is 0.375.